The van der Waals surface area contributed by atoms with Crippen LogP contribution in [0.3, 0.4) is 0 Å². The Morgan fingerprint density at radius 2 is 2.27 bits per heavy atom. The minimum absolute atomic E-state index is 0.357. The molecule has 0 aliphatic carbocycles. The Balaban J connectivity index is 1.50. The number of nitrogens with zero attached hydrogens (tertiary/aromatic N) is 1. The Morgan fingerprint density at radius 3 is 2.95 bits per heavy atom. The van der Waals surface area contributed by atoms with E-state index in [2.05, 4.69) is 28.5 Å². The Bertz CT molecular complexity index is 412. The molecular weight excluding hydrogens is 278 g/mol. The molecule has 0 saturated carbocycles. The van der Waals surface area contributed by atoms with E-state index in [0.717, 1.165) is 38.5 Å². The number of furan rings is 1. The van der Waals surface area contributed by atoms with Crippen molar-refractivity contribution in [1.29, 1.82) is 0 Å². The average Bonchev–Trinajstić information content (AvgIpc) is 3.22. The fourth-order valence-electron chi connectivity index (χ4n) is 3.54. The van der Waals surface area contributed by atoms with E-state index in [1.54, 1.807) is 6.26 Å². The zero-order chi connectivity index (χ0) is 15.2. The highest BCUT2D eigenvalue weighted by Crippen LogP contribution is 2.25. The second kappa shape index (κ2) is 8.11. The summed E-state index contributed by atoms with van der Waals surface area (Å²) in [5.41, 5.74) is 0. The number of nitrogens with one attached hydrogen (secondary N) is 2. The van der Waals surface area contributed by atoms with Crippen LogP contribution in [0.15, 0.2) is 22.8 Å². The van der Waals surface area contributed by atoms with Crippen LogP contribution in [0.4, 0.5) is 0 Å². The first kappa shape index (κ1) is 16.0. The monoisotopic (exact) mass is 307 g/mol. The van der Waals surface area contributed by atoms with Crippen LogP contribution < -0.4 is 10.6 Å². The molecular formula is C17H29N3O2. The third-order valence-electron chi connectivity index (χ3n) is 4.75. The summed E-state index contributed by atoms with van der Waals surface area (Å²) in [6.07, 6.45) is 5.49. The summed E-state index contributed by atoms with van der Waals surface area (Å²) >= 11 is 0. The van der Waals surface area contributed by atoms with E-state index < -0.39 is 0 Å². The predicted octanol–water partition coefficient (Wildman–Crippen LogP) is 1.77. The van der Waals surface area contributed by atoms with Gasteiger partial charge >= 0.3 is 0 Å². The molecule has 5 nitrogen and oxygen atoms in total. The molecule has 124 valence electrons. The van der Waals surface area contributed by atoms with Crippen LogP contribution in [0.25, 0.3) is 0 Å². The molecule has 0 radical (unpaired) electrons. The summed E-state index contributed by atoms with van der Waals surface area (Å²) in [4.78, 5) is 2.54. The van der Waals surface area contributed by atoms with E-state index in [9.17, 15) is 0 Å². The van der Waals surface area contributed by atoms with Gasteiger partial charge in [-0.3, -0.25) is 4.90 Å². The van der Waals surface area contributed by atoms with Crippen LogP contribution in [-0.4, -0.2) is 56.4 Å². The van der Waals surface area contributed by atoms with E-state index in [1.165, 1.54) is 25.9 Å². The standard InChI is InChI=1S/C17H29N3O2/c1-14(11-15-13-21-10-6-18-15)19-12-16(17-5-4-9-22-17)20-7-2-3-8-20/h4-5,9,14-16,18-19H,2-3,6-8,10-13H2,1H3. The van der Waals surface area contributed by atoms with Gasteiger partial charge in [0.15, 0.2) is 0 Å². The third kappa shape index (κ3) is 4.32. The lowest BCUT2D eigenvalue weighted by molar-refractivity contribution is 0.0707. The van der Waals surface area contributed by atoms with Gasteiger partial charge in [-0.1, -0.05) is 0 Å². The van der Waals surface area contributed by atoms with Crippen LogP contribution in [0.5, 0.6) is 0 Å². The molecule has 0 bridgehead atoms. The molecule has 2 fully saturated rings. The second-order valence-corrected chi connectivity index (χ2v) is 6.55. The van der Waals surface area contributed by atoms with E-state index >= 15 is 0 Å². The van der Waals surface area contributed by atoms with Gasteiger partial charge in [0.2, 0.25) is 0 Å². The van der Waals surface area contributed by atoms with Gasteiger partial charge in [-0.2, -0.15) is 0 Å². The summed E-state index contributed by atoms with van der Waals surface area (Å²) in [7, 11) is 0. The summed E-state index contributed by atoms with van der Waals surface area (Å²) in [5.74, 6) is 1.08. The molecule has 5 heteroatoms. The number of hydrogen-bond acceptors (Lipinski definition) is 5. The van der Waals surface area contributed by atoms with Gasteiger partial charge < -0.3 is 19.8 Å². The van der Waals surface area contributed by atoms with Crippen molar-refractivity contribution in [2.24, 2.45) is 0 Å². The predicted molar refractivity (Wildman–Crippen MR) is 86.9 cm³/mol. The minimum atomic E-state index is 0.357. The van der Waals surface area contributed by atoms with E-state index in [4.69, 9.17) is 9.15 Å². The lowest BCUT2D eigenvalue weighted by Crippen LogP contribution is -2.46. The number of rotatable bonds is 7. The Morgan fingerprint density at radius 1 is 1.41 bits per heavy atom. The first-order valence-electron chi connectivity index (χ1n) is 8.65. The van der Waals surface area contributed by atoms with Crippen molar-refractivity contribution in [1.82, 2.24) is 15.5 Å². The molecule has 0 aromatic carbocycles. The van der Waals surface area contributed by atoms with Crippen molar-refractivity contribution in [3.8, 4) is 0 Å². The molecule has 0 spiro atoms. The highest BCUT2D eigenvalue weighted by molar-refractivity contribution is 5.06. The number of ether oxygens (including phenoxy) is 1. The van der Waals surface area contributed by atoms with Crippen molar-refractivity contribution < 1.29 is 9.15 Å². The fourth-order valence-corrected chi connectivity index (χ4v) is 3.54. The van der Waals surface area contributed by atoms with Crippen LogP contribution in [-0.2, 0) is 4.74 Å². The molecule has 0 amide bonds. The lowest BCUT2D eigenvalue weighted by Gasteiger charge is -2.30. The smallest absolute Gasteiger partial charge is 0.122 e. The van der Waals surface area contributed by atoms with Crippen molar-refractivity contribution in [3.05, 3.63) is 24.2 Å². The maximum atomic E-state index is 5.68. The van der Waals surface area contributed by atoms with E-state index in [-0.39, 0.29) is 0 Å². The topological polar surface area (TPSA) is 49.7 Å². The van der Waals surface area contributed by atoms with Crippen LogP contribution in [0.2, 0.25) is 0 Å². The summed E-state index contributed by atoms with van der Waals surface area (Å²) in [5, 5.41) is 7.22. The molecule has 2 aliphatic rings. The lowest BCUT2D eigenvalue weighted by atomic mass is 10.1. The Labute approximate surface area is 133 Å². The van der Waals surface area contributed by atoms with Crippen LogP contribution in [0.1, 0.15) is 38.0 Å². The van der Waals surface area contributed by atoms with Gasteiger partial charge in [-0.15, -0.1) is 0 Å². The molecule has 1 aromatic heterocycles. The summed E-state index contributed by atoms with van der Waals surface area (Å²) in [6.45, 7) is 8.22. The summed E-state index contributed by atoms with van der Waals surface area (Å²) < 4.78 is 11.2. The summed E-state index contributed by atoms with van der Waals surface area (Å²) in [6, 6.07) is 5.40. The molecule has 3 rings (SSSR count). The van der Waals surface area contributed by atoms with Crippen molar-refractivity contribution in [2.75, 3.05) is 39.4 Å². The zero-order valence-corrected chi connectivity index (χ0v) is 13.6. The molecule has 2 aliphatic heterocycles. The van der Waals surface area contributed by atoms with Crippen LogP contribution in [0, 0.1) is 0 Å². The first-order chi connectivity index (χ1) is 10.8. The largest absolute Gasteiger partial charge is 0.468 e. The van der Waals surface area contributed by atoms with E-state index in [0.29, 0.717) is 18.1 Å². The van der Waals surface area contributed by atoms with Crippen LogP contribution >= 0.6 is 0 Å². The first-order valence-corrected chi connectivity index (χ1v) is 8.65. The molecule has 3 atom stereocenters. The van der Waals surface area contributed by atoms with Gasteiger partial charge in [0.25, 0.3) is 0 Å². The van der Waals surface area contributed by atoms with Gasteiger partial charge in [0.1, 0.15) is 5.76 Å². The minimum Gasteiger partial charge on any atom is -0.468 e. The zero-order valence-electron chi connectivity index (χ0n) is 13.6. The molecule has 22 heavy (non-hydrogen) atoms. The quantitative estimate of drug-likeness (QED) is 0.804. The molecule has 3 unspecified atom stereocenters. The number of hydrogen-bond donors (Lipinski definition) is 2. The van der Waals surface area contributed by atoms with Crippen molar-refractivity contribution in [2.45, 2.75) is 44.3 Å². The maximum Gasteiger partial charge on any atom is 0.122 e. The van der Waals surface area contributed by atoms with E-state index in [1.807, 2.05) is 6.07 Å². The Kier molecular flexibility index (Phi) is 5.89. The Hall–Kier alpha value is -0.880. The molecule has 1 aromatic rings. The van der Waals surface area contributed by atoms with Gasteiger partial charge in [-0.25, -0.2) is 0 Å². The third-order valence-corrected chi connectivity index (χ3v) is 4.75. The van der Waals surface area contributed by atoms with Crippen molar-refractivity contribution >= 4 is 0 Å². The molecule has 3 heterocycles. The second-order valence-electron chi connectivity index (χ2n) is 6.55. The average molecular weight is 307 g/mol. The maximum absolute atomic E-state index is 5.68. The normalized spacial score (nSPS) is 26.1. The molecule has 2 N–H and O–H groups in total. The SMILES string of the molecule is CC(CC1COCCN1)NCC(c1ccco1)N1CCCC1. The number of morpholine rings is 1. The fraction of sp³-hybridized carbons (Fsp3) is 0.765. The van der Waals surface area contributed by atoms with Crippen molar-refractivity contribution in [3.63, 3.8) is 0 Å². The van der Waals surface area contributed by atoms with Gasteiger partial charge in [0.05, 0.1) is 25.5 Å². The van der Waals surface area contributed by atoms with Gasteiger partial charge in [-0.05, 0) is 51.4 Å². The van der Waals surface area contributed by atoms with Gasteiger partial charge in [0, 0.05) is 25.2 Å². The highest BCUT2D eigenvalue weighted by atomic mass is 16.5. The highest BCUT2D eigenvalue weighted by Gasteiger charge is 2.26. The number of likely N-dealkylation sites (tertiary alicyclic amines) is 1. The molecule has 2 saturated heterocycles.